The van der Waals surface area contributed by atoms with Crippen LogP contribution < -0.4 is 10.9 Å². The smallest absolute Gasteiger partial charge is 0.268 e. The summed E-state index contributed by atoms with van der Waals surface area (Å²) >= 11 is 0. The van der Waals surface area contributed by atoms with Crippen LogP contribution in [0, 0.1) is 6.92 Å². The molecule has 0 bridgehead atoms. The third kappa shape index (κ3) is 2.85. The highest BCUT2D eigenvalue weighted by atomic mass is 16.2. The summed E-state index contributed by atoms with van der Waals surface area (Å²) in [6.45, 7) is 2.44. The Morgan fingerprint density at radius 2 is 1.94 bits per heavy atom. The lowest BCUT2D eigenvalue weighted by Crippen LogP contribution is -2.25. The van der Waals surface area contributed by atoms with Gasteiger partial charge in [-0.05, 0) is 24.1 Å². The van der Waals surface area contributed by atoms with Crippen molar-refractivity contribution in [1.82, 2.24) is 10.3 Å². The van der Waals surface area contributed by atoms with Gasteiger partial charge in [0.15, 0.2) is 0 Å². The molecule has 1 heterocycles. The standard InChI is InChI=1S/C14H14N2O2/c1-10-5-2-3-6-11(10)9-15-14(18)12-7-4-8-13(17)16-12/h2-8H,9H2,1H3,(H,15,18)(H,16,17). The molecule has 92 valence electrons. The van der Waals surface area contributed by atoms with Gasteiger partial charge in [0.1, 0.15) is 5.69 Å². The van der Waals surface area contributed by atoms with Gasteiger partial charge in [-0.25, -0.2) is 0 Å². The van der Waals surface area contributed by atoms with E-state index in [0.29, 0.717) is 6.54 Å². The first-order chi connectivity index (χ1) is 8.66. The molecule has 0 saturated heterocycles. The van der Waals surface area contributed by atoms with Crippen LogP contribution in [0.1, 0.15) is 21.6 Å². The number of pyridine rings is 1. The maximum Gasteiger partial charge on any atom is 0.268 e. The summed E-state index contributed by atoms with van der Waals surface area (Å²) in [7, 11) is 0. The molecule has 2 N–H and O–H groups in total. The second-order valence-electron chi connectivity index (χ2n) is 4.04. The van der Waals surface area contributed by atoms with Gasteiger partial charge < -0.3 is 10.3 Å². The Kier molecular flexibility index (Phi) is 3.57. The normalized spacial score (nSPS) is 10.1. The van der Waals surface area contributed by atoms with Crippen molar-refractivity contribution in [3.8, 4) is 0 Å². The van der Waals surface area contributed by atoms with E-state index in [-0.39, 0.29) is 17.2 Å². The van der Waals surface area contributed by atoms with E-state index in [1.165, 1.54) is 6.07 Å². The average molecular weight is 242 g/mol. The third-order valence-corrected chi connectivity index (χ3v) is 2.71. The minimum atomic E-state index is -0.282. The number of aromatic amines is 1. The molecular weight excluding hydrogens is 228 g/mol. The van der Waals surface area contributed by atoms with Crippen LogP contribution in [0.3, 0.4) is 0 Å². The summed E-state index contributed by atoms with van der Waals surface area (Å²) in [5.41, 5.74) is 2.18. The second-order valence-corrected chi connectivity index (χ2v) is 4.04. The molecule has 0 fully saturated rings. The number of rotatable bonds is 3. The van der Waals surface area contributed by atoms with E-state index in [2.05, 4.69) is 10.3 Å². The van der Waals surface area contributed by atoms with Gasteiger partial charge in [-0.15, -0.1) is 0 Å². The van der Waals surface area contributed by atoms with Crippen LogP contribution in [-0.2, 0) is 6.54 Å². The summed E-state index contributed by atoms with van der Waals surface area (Å²) in [4.78, 5) is 25.4. The number of hydrogen-bond donors (Lipinski definition) is 2. The number of amides is 1. The molecule has 2 rings (SSSR count). The molecule has 1 amide bonds. The van der Waals surface area contributed by atoms with Crippen molar-refractivity contribution in [3.05, 3.63) is 69.6 Å². The van der Waals surface area contributed by atoms with Gasteiger partial charge in [-0.1, -0.05) is 30.3 Å². The molecular formula is C14H14N2O2. The third-order valence-electron chi connectivity index (χ3n) is 2.71. The molecule has 1 aromatic carbocycles. The van der Waals surface area contributed by atoms with Crippen molar-refractivity contribution >= 4 is 5.91 Å². The number of benzene rings is 1. The molecule has 0 aliphatic carbocycles. The Balaban J connectivity index is 2.05. The molecule has 0 unspecified atom stereocenters. The molecule has 1 aromatic heterocycles. The Hall–Kier alpha value is -2.36. The highest BCUT2D eigenvalue weighted by Gasteiger charge is 2.06. The zero-order valence-corrected chi connectivity index (χ0v) is 10.1. The Bertz CT molecular complexity index is 617. The van der Waals surface area contributed by atoms with Crippen LogP contribution in [-0.4, -0.2) is 10.9 Å². The van der Waals surface area contributed by atoms with E-state index < -0.39 is 0 Å². The number of aromatic nitrogens is 1. The SMILES string of the molecule is Cc1ccccc1CNC(=O)c1cccc(=O)[nH]1. The van der Waals surface area contributed by atoms with Crippen LogP contribution in [0.15, 0.2) is 47.3 Å². The number of nitrogens with one attached hydrogen (secondary N) is 2. The lowest BCUT2D eigenvalue weighted by molar-refractivity contribution is 0.0945. The van der Waals surface area contributed by atoms with Crippen molar-refractivity contribution in [3.63, 3.8) is 0 Å². The first-order valence-corrected chi connectivity index (χ1v) is 5.69. The van der Waals surface area contributed by atoms with Crippen molar-refractivity contribution in [2.45, 2.75) is 13.5 Å². The lowest BCUT2D eigenvalue weighted by atomic mass is 10.1. The molecule has 0 atom stereocenters. The summed E-state index contributed by atoms with van der Waals surface area (Å²) < 4.78 is 0. The Morgan fingerprint density at radius 1 is 1.17 bits per heavy atom. The number of H-pyrrole nitrogens is 1. The molecule has 0 saturated carbocycles. The van der Waals surface area contributed by atoms with E-state index in [1.807, 2.05) is 31.2 Å². The largest absolute Gasteiger partial charge is 0.347 e. The number of aryl methyl sites for hydroxylation is 1. The summed E-state index contributed by atoms with van der Waals surface area (Å²) in [6, 6.07) is 12.3. The van der Waals surface area contributed by atoms with Gasteiger partial charge in [0.05, 0.1) is 0 Å². The molecule has 0 aliphatic heterocycles. The quantitative estimate of drug-likeness (QED) is 0.859. The van der Waals surface area contributed by atoms with E-state index in [0.717, 1.165) is 11.1 Å². The van der Waals surface area contributed by atoms with Crippen LogP contribution in [0.4, 0.5) is 0 Å². The second kappa shape index (κ2) is 5.31. The maximum absolute atomic E-state index is 11.8. The molecule has 4 nitrogen and oxygen atoms in total. The van der Waals surface area contributed by atoms with Gasteiger partial charge in [-0.2, -0.15) is 0 Å². The summed E-state index contributed by atoms with van der Waals surface area (Å²) in [5.74, 6) is -0.282. The zero-order chi connectivity index (χ0) is 13.0. The molecule has 0 spiro atoms. The van der Waals surface area contributed by atoms with E-state index in [1.54, 1.807) is 12.1 Å². The topological polar surface area (TPSA) is 62.0 Å². The van der Waals surface area contributed by atoms with Gasteiger partial charge in [0.2, 0.25) is 5.56 Å². The predicted octanol–water partition coefficient (Wildman–Crippen LogP) is 1.61. The summed E-state index contributed by atoms with van der Waals surface area (Å²) in [5, 5.41) is 2.77. The fraction of sp³-hybridized carbons (Fsp3) is 0.143. The lowest BCUT2D eigenvalue weighted by Gasteiger charge is -2.07. The fourth-order valence-corrected chi connectivity index (χ4v) is 1.66. The maximum atomic E-state index is 11.8. The number of carbonyl (C=O) groups is 1. The molecule has 2 aromatic rings. The fourth-order valence-electron chi connectivity index (χ4n) is 1.66. The number of hydrogen-bond acceptors (Lipinski definition) is 2. The van der Waals surface area contributed by atoms with Crippen molar-refractivity contribution < 1.29 is 4.79 Å². The minimum Gasteiger partial charge on any atom is -0.347 e. The van der Waals surface area contributed by atoms with Crippen LogP contribution in [0.2, 0.25) is 0 Å². The van der Waals surface area contributed by atoms with Crippen LogP contribution in [0.5, 0.6) is 0 Å². The van der Waals surface area contributed by atoms with Gasteiger partial charge in [-0.3, -0.25) is 9.59 Å². The number of carbonyl (C=O) groups excluding carboxylic acids is 1. The van der Waals surface area contributed by atoms with Crippen molar-refractivity contribution in [1.29, 1.82) is 0 Å². The van der Waals surface area contributed by atoms with Crippen molar-refractivity contribution in [2.24, 2.45) is 0 Å². The summed E-state index contributed by atoms with van der Waals surface area (Å²) in [6.07, 6.45) is 0. The highest BCUT2D eigenvalue weighted by Crippen LogP contribution is 2.06. The van der Waals surface area contributed by atoms with E-state index >= 15 is 0 Å². The molecule has 18 heavy (non-hydrogen) atoms. The zero-order valence-electron chi connectivity index (χ0n) is 10.1. The van der Waals surface area contributed by atoms with Crippen LogP contribution in [0.25, 0.3) is 0 Å². The first-order valence-electron chi connectivity index (χ1n) is 5.69. The average Bonchev–Trinajstić information content (AvgIpc) is 2.37. The Labute approximate surface area is 105 Å². The molecule has 0 radical (unpaired) electrons. The van der Waals surface area contributed by atoms with Crippen LogP contribution >= 0.6 is 0 Å². The van der Waals surface area contributed by atoms with Crippen molar-refractivity contribution in [2.75, 3.05) is 0 Å². The monoisotopic (exact) mass is 242 g/mol. The molecule has 4 heteroatoms. The van der Waals surface area contributed by atoms with Gasteiger partial charge in [0.25, 0.3) is 5.91 Å². The highest BCUT2D eigenvalue weighted by molar-refractivity contribution is 5.92. The van der Waals surface area contributed by atoms with Gasteiger partial charge >= 0.3 is 0 Å². The predicted molar refractivity (Wildman–Crippen MR) is 69.4 cm³/mol. The van der Waals surface area contributed by atoms with Gasteiger partial charge in [0, 0.05) is 12.6 Å². The minimum absolute atomic E-state index is 0.274. The van der Waals surface area contributed by atoms with E-state index in [9.17, 15) is 9.59 Å². The molecule has 0 aliphatic rings. The Morgan fingerprint density at radius 3 is 2.67 bits per heavy atom. The first kappa shape index (κ1) is 12.1. The van der Waals surface area contributed by atoms with E-state index in [4.69, 9.17) is 0 Å².